The summed E-state index contributed by atoms with van der Waals surface area (Å²) >= 11 is 3.49. The number of fused-ring (bicyclic) bond motifs is 1. The number of halogens is 1. The summed E-state index contributed by atoms with van der Waals surface area (Å²) in [5, 5.41) is 0. The van der Waals surface area contributed by atoms with E-state index in [2.05, 4.69) is 33.5 Å². The number of rotatable bonds is 2. The maximum absolute atomic E-state index is 5.79. The molecule has 1 N–H and O–H groups in total. The van der Waals surface area contributed by atoms with Crippen LogP contribution in [0.4, 0.5) is 0 Å². The fraction of sp³-hybridized carbons (Fsp3) is 0.455. The van der Waals surface area contributed by atoms with Gasteiger partial charge < -0.3 is 9.57 Å². The maximum Gasteiger partial charge on any atom is 0.127 e. The summed E-state index contributed by atoms with van der Waals surface area (Å²) in [6, 6.07) is 4.23. The van der Waals surface area contributed by atoms with Crippen molar-refractivity contribution in [3.05, 3.63) is 27.7 Å². The second kappa shape index (κ2) is 4.12. The highest BCUT2D eigenvalue weighted by Crippen LogP contribution is 2.40. The molecule has 0 fully saturated rings. The summed E-state index contributed by atoms with van der Waals surface area (Å²) in [7, 11) is 1.62. The molecule has 0 amide bonds. The molecule has 1 aliphatic rings. The van der Waals surface area contributed by atoms with Gasteiger partial charge in [-0.15, -0.1) is 0 Å². The van der Waals surface area contributed by atoms with E-state index in [1.165, 1.54) is 0 Å². The Hall–Kier alpha value is -0.580. The van der Waals surface area contributed by atoms with Gasteiger partial charge in [-0.1, -0.05) is 15.9 Å². The molecule has 1 aromatic carbocycles. The van der Waals surface area contributed by atoms with Gasteiger partial charge in [-0.2, -0.15) is 5.48 Å². The quantitative estimate of drug-likeness (QED) is 0.840. The molecule has 0 saturated heterocycles. The highest BCUT2D eigenvalue weighted by atomic mass is 79.9. The number of nitrogens with one attached hydrogen (secondary N) is 1. The lowest BCUT2D eigenvalue weighted by Crippen LogP contribution is -2.27. The molecule has 15 heavy (non-hydrogen) atoms. The lowest BCUT2D eigenvalue weighted by atomic mass is 10.0. The Kier molecular flexibility index (Phi) is 3.00. The van der Waals surface area contributed by atoms with E-state index >= 15 is 0 Å². The van der Waals surface area contributed by atoms with Crippen LogP contribution in [-0.2, 0) is 4.84 Å². The predicted octanol–water partition coefficient (Wildman–Crippen LogP) is 2.73. The fourth-order valence-electron chi connectivity index (χ4n) is 1.94. The molecule has 0 saturated carbocycles. The lowest BCUT2D eigenvalue weighted by Gasteiger charge is -2.14. The zero-order chi connectivity index (χ0) is 11.0. The third-order valence-corrected chi connectivity index (χ3v) is 3.08. The summed E-state index contributed by atoms with van der Waals surface area (Å²) < 4.78 is 6.86. The van der Waals surface area contributed by atoms with Gasteiger partial charge in [-0.25, -0.2) is 0 Å². The minimum absolute atomic E-state index is 0.0907. The van der Waals surface area contributed by atoms with Crippen LogP contribution in [0.3, 0.4) is 0 Å². The van der Waals surface area contributed by atoms with E-state index in [1.807, 2.05) is 13.8 Å². The Morgan fingerprint density at radius 3 is 2.87 bits per heavy atom. The first-order valence-electron chi connectivity index (χ1n) is 4.88. The van der Waals surface area contributed by atoms with Crippen LogP contribution in [-0.4, -0.2) is 13.2 Å². The minimum atomic E-state index is 0.0907. The molecule has 0 radical (unpaired) electrons. The molecule has 0 aromatic heterocycles. The molecule has 2 unspecified atom stereocenters. The number of benzene rings is 1. The summed E-state index contributed by atoms with van der Waals surface area (Å²) in [6.45, 7) is 4.08. The first-order valence-corrected chi connectivity index (χ1v) is 5.68. The van der Waals surface area contributed by atoms with Gasteiger partial charge in [0.1, 0.15) is 11.9 Å². The molecule has 0 spiro atoms. The first-order chi connectivity index (χ1) is 7.13. The summed E-state index contributed by atoms with van der Waals surface area (Å²) in [5.41, 5.74) is 5.25. The Labute approximate surface area is 97.8 Å². The van der Waals surface area contributed by atoms with Crippen LogP contribution in [0.2, 0.25) is 0 Å². The third-order valence-electron chi connectivity index (χ3n) is 2.62. The monoisotopic (exact) mass is 271 g/mol. The van der Waals surface area contributed by atoms with Gasteiger partial charge in [0, 0.05) is 10.0 Å². The van der Waals surface area contributed by atoms with Gasteiger partial charge in [0.15, 0.2) is 0 Å². The summed E-state index contributed by atoms with van der Waals surface area (Å²) in [4.78, 5) is 4.99. The standard InChI is InChI=1S/C11H14BrNO2/c1-6-4-8(12)5-9-10(13-14-3)7(2)15-11(6)9/h4-5,7,10,13H,1-3H3. The summed E-state index contributed by atoms with van der Waals surface area (Å²) in [5.74, 6) is 0.972. The average Bonchev–Trinajstić information content (AvgIpc) is 2.46. The maximum atomic E-state index is 5.79. The van der Waals surface area contributed by atoms with Crippen molar-refractivity contribution in [3.63, 3.8) is 0 Å². The molecular formula is C11H14BrNO2. The molecule has 4 heteroatoms. The zero-order valence-electron chi connectivity index (χ0n) is 9.00. The zero-order valence-corrected chi connectivity index (χ0v) is 10.6. The van der Waals surface area contributed by atoms with Crippen molar-refractivity contribution < 1.29 is 9.57 Å². The van der Waals surface area contributed by atoms with Gasteiger partial charge in [0.05, 0.1) is 13.2 Å². The highest BCUT2D eigenvalue weighted by Gasteiger charge is 2.32. The SMILES string of the molecule is CONC1c2cc(Br)cc(C)c2OC1C. The summed E-state index contributed by atoms with van der Waals surface area (Å²) in [6.07, 6.45) is 0.0907. The molecule has 3 nitrogen and oxygen atoms in total. The smallest absolute Gasteiger partial charge is 0.127 e. The molecular weight excluding hydrogens is 258 g/mol. The van der Waals surface area contributed by atoms with Crippen LogP contribution < -0.4 is 10.2 Å². The van der Waals surface area contributed by atoms with E-state index in [0.29, 0.717) is 0 Å². The van der Waals surface area contributed by atoms with Crippen LogP contribution in [0.25, 0.3) is 0 Å². The molecule has 0 aliphatic carbocycles. The van der Waals surface area contributed by atoms with E-state index in [9.17, 15) is 0 Å². The Morgan fingerprint density at radius 1 is 1.47 bits per heavy atom. The number of hydrogen-bond donors (Lipinski definition) is 1. The fourth-order valence-corrected chi connectivity index (χ4v) is 2.53. The number of ether oxygens (including phenoxy) is 1. The van der Waals surface area contributed by atoms with E-state index in [-0.39, 0.29) is 12.1 Å². The van der Waals surface area contributed by atoms with Gasteiger partial charge >= 0.3 is 0 Å². The Balaban J connectivity index is 2.43. The van der Waals surface area contributed by atoms with Crippen LogP contribution >= 0.6 is 15.9 Å². The molecule has 0 bridgehead atoms. The highest BCUT2D eigenvalue weighted by molar-refractivity contribution is 9.10. The third kappa shape index (κ3) is 1.89. The normalized spacial score (nSPS) is 23.7. The predicted molar refractivity (Wildman–Crippen MR) is 61.9 cm³/mol. The van der Waals surface area contributed by atoms with Crippen molar-refractivity contribution in [2.45, 2.75) is 26.0 Å². The van der Waals surface area contributed by atoms with Crippen LogP contribution in [0.1, 0.15) is 24.1 Å². The van der Waals surface area contributed by atoms with Crippen LogP contribution in [0, 0.1) is 6.92 Å². The van der Waals surface area contributed by atoms with Gasteiger partial charge in [-0.05, 0) is 31.5 Å². The van der Waals surface area contributed by atoms with Gasteiger partial charge in [0.25, 0.3) is 0 Å². The Morgan fingerprint density at radius 2 is 2.20 bits per heavy atom. The van der Waals surface area contributed by atoms with Crippen LogP contribution in [0.5, 0.6) is 5.75 Å². The molecule has 1 aliphatic heterocycles. The van der Waals surface area contributed by atoms with Gasteiger partial charge in [0.2, 0.25) is 0 Å². The molecule has 1 heterocycles. The van der Waals surface area contributed by atoms with Crippen molar-refractivity contribution in [2.24, 2.45) is 0 Å². The van der Waals surface area contributed by atoms with Crippen molar-refractivity contribution >= 4 is 15.9 Å². The second-order valence-electron chi connectivity index (χ2n) is 3.76. The lowest BCUT2D eigenvalue weighted by molar-refractivity contribution is 0.0338. The van der Waals surface area contributed by atoms with E-state index in [0.717, 1.165) is 21.3 Å². The Bertz CT molecular complexity index is 381. The van der Waals surface area contributed by atoms with E-state index in [4.69, 9.17) is 9.57 Å². The number of aryl methyl sites for hydroxylation is 1. The van der Waals surface area contributed by atoms with E-state index in [1.54, 1.807) is 7.11 Å². The second-order valence-corrected chi connectivity index (χ2v) is 4.68. The minimum Gasteiger partial charge on any atom is -0.488 e. The van der Waals surface area contributed by atoms with Crippen molar-refractivity contribution in [2.75, 3.05) is 7.11 Å². The topological polar surface area (TPSA) is 30.5 Å². The number of hydroxylamine groups is 1. The largest absolute Gasteiger partial charge is 0.488 e. The molecule has 2 rings (SSSR count). The number of hydrogen-bond acceptors (Lipinski definition) is 3. The molecule has 82 valence electrons. The first kappa shape index (κ1) is 10.9. The van der Waals surface area contributed by atoms with Gasteiger partial charge in [-0.3, -0.25) is 0 Å². The molecule has 1 aromatic rings. The van der Waals surface area contributed by atoms with Crippen molar-refractivity contribution in [1.29, 1.82) is 0 Å². The van der Waals surface area contributed by atoms with Crippen molar-refractivity contribution in [3.8, 4) is 5.75 Å². The van der Waals surface area contributed by atoms with E-state index < -0.39 is 0 Å². The van der Waals surface area contributed by atoms with Crippen LogP contribution in [0.15, 0.2) is 16.6 Å². The van der Waals surface area contributed by atoms with Crippen molar-refractivity contribution in [1.82, 2.24) is 5.48 Å². The average molecular weight is 272 g/mol. The molecule has 2 atom stereocenters.